The van der Waals surface area contributed by atoms with Gasteiger partial charge in [-0.2, -0.15) is 0 Å². The zero-order valence-electron chi connectivity index (χ0n) is 31.1. The Hall–Kier alpha value is -6.37. The Bertz CT molecular complexity index is 2460. The molecule has 0 atom stereocenters. The summed E-state index contributed by atoms with van der Waals surface area (Å²) in [5.74, 6) is 1.83. The highest BCUT2D eigenvalue weighted by Gasteiger charge is 2.26. The Morgan fingerprint density at radius 2 is 1.16 bits per heavy atom. The molecule has 0 unspecified atom stereocenters. The number of hydrogen-bond donors (Lipinski definition) is 0. The summed E-state index contributed by atoms with van der Waals surface area (Å²) in [6.07, 6.45) is 1.72. The van der Waals surface area contributed by atoms with Crippen molar-refractivity contribution in [2.45, 2.75) is 39.3 Å². The van der Waals surface area contributed by atoms with Crippen molar-refractivity contribution in [2.75, 3.05) is 9.80 Å². The molecule has 0 saturated carbocycles. The molecule has 0 spiro atoms. The van der Waals surface area contributed by atoms with Crippen LogP contribution in [0.1, 0.15) is 37.5 Å². The molecule has 6 aromatic carbocycles. The van der Waals surface area contributed by atoms with Gasteiger partial charge in [-0.1, -0.05) is 111 Å². The van der Waals surface area contributed by atoms with E-state index in [0.29, 0.717) is 35.6 Å². The Labute approximate surface area is 327 Å². The number of rotatable bonds is 11. The summed E-state index contributed by atoms with van der Waals surface area (Å²) in [5, 5.41) is 0.650. The SMILES string of the molecule is CC(C)(C)c1cc(N(Cc2ccccc2)c2ccc(Oc3ccccn3)cc2)c(Cl)c(N(Cc2ccccc2)c2ccc(-c3nc4ccccc4o3)cc2)c1. The first-order valence-electron chi connectivity index (χ1n) is 18.4. The van der Waals surface area contributed by atoms with E-state index in [-0.39, 0.29) is 5.41 Å². The van der Waals surface area contributed by atoms with Crippen molar-refractivity contribution < 1.29 is 9.15 Å². The maximum atomic E-state index is 7.72. The van der Waals surface area contributed by atoms with Crippen LogP contribution in [-0.2, 0) is 18.5 Å². The number of anilines is 4. The standard InChI is InChI=1S/C48H41ClN4O2/c1-48(2,3)37-30-42(52(32-34-14-6-4-7-15-34)38-23-21-36(22-24-38)47-51-41-18-10-11-19-44(41)55-47)46(49)43(31-37)53(33-35-16-8-5-9-17-35)39-25-27-40(28-26-39)54-45-20-12-13-29-50-45/h4-31H,32-33H2,1-3H3. The van der Waals surface area contributed by atoms with E-state index in [1.807, 2.05) is 66.7 Å². The quantitative estimate of drug-likeness (QED) is 0.132. The van der Waals surface area contributed by atoms with Crippen LogP contribution in [0, 0.1) is 0 Å². The van der Waals surface area contributed by atoms with Crippen LogP contribution in [0.25, 0.3) is 22.6 Å². The van der Waals surface area contributed by atoms with Crippen LogP contribution < -0.4 is 14.5 Å². The Kier molecular flexibility index (Phi) is 10.1. The van der Waals surface area contributed by atoms with Gasteiger partial charge in [0.1, 0.15) is 11.3 Å². The molecule has 2 aromatic heterocycles. The van der Waals surface area contributed by atoms with Gasteiger partial charge in [0.25, 0.3) is 0 Å². The number of pyridine rings is 1. The summed E-state index contributed by atoms with van der Waals surface area (Å²) in [4.78, 5) is 13.7. The zero-order valence-corrected chi connectivity index (χ0v) is 31.8. The molecule has 0 radical (unpaired) electrons. The largest absolute Gasteiger partial charge is 0.439 e. The number of ether oxygens (including phenoxy) is 1. The van der Waals surface area contributed by atoms with E-state index < -0.39 is 0 Å². The molecule has 272 valence electrons. The summed E-state index contributed by atoms with van der Waals surface area (Å²) < 4.78 is 12.2. The van der Waals surface area contributed by atoms with E-state index in [4.69, 9.17) is 25.7 Å². The lowest BCUT2D eigenvalue weighted by Crippen LogP contribution is -2.22. The van der Waals surface area contributed by atoms with Crippen molar-refractivity contribution in [1.29, 1.82) is 0 Å². The fourth-order valence-electron chi connectivity index (χ4n) is 6.59. The topological polar surface area (TPSA) is 54.6 Å². The normalized spacial score (nSPS) is 11.4. The first kappa shape index (κ1) is 35.6. The smallest absolute Gasteiger partial charge is 0.227 e. The highest BCUT2D eigenvalue weighted by Crippen LogP contribution is 2.46. The van der Waals surface area contributed by atoms with Gasteiger partial charge in [0.2, 0.25) is 11.8 Å². The van der Waals surface area contributed by atoms with E-state index in [2.05, 4.69) is 133 Å². The Morgan fingerprint density at radius 1 is 0.618 bits per heavy atom. The monoisotopic (exact) mass is 740 g/mol. The van der Waals surface area contributed by atoms with Crippen molar-refractivity contribution in [1.82, 2.24) is 9.97 Å². The lowest BCUT2D eigenvalue weighted by Gasteiger charge is -2.33. The minimum atomic E-state index is -0.178. The van der Waals surface area contributed by atoms with Gasteiger partial charge in [0.15, 0.2) is 5.58 Å². The van der Waals surface area contributed by atoms with E-state index in [9.17, 15) is 0 Å². The minimum absolute atomic E-state index is 0.178. The lowest BCUT2D eigenvalue weighted by atomic mass is 9.86. The molecule has 8 rings (SSSR count). The molecule has 0 fully saturated rings. The van der Waals surface area contributed by atoms with Crippen LogP contribution >= 0.6 is 11.6 Å². The van der Waals surface area contributed by atoms with Gasteiger partial charge in [-0.15, -0.1) is 0 Å². The molecule has 0 aliphatic rings. The third-order valence-corrected chi connectivity index (χ3v) is 9.96. The van der Waals surface area contributed by atoms with Gasteiger partial charge < -0.3 is 19.0 Å². The molecule has 0 saturated heterocycles. The number of aromatic nitrogens is 2. The highest BCUT2D eigenvalue weighted by atomic mass is 35.5. The van der Waals surface area contributed by atoms with E-state index in [0.717, 1.165) is 56.1 Å². The molecule has 7 heteroatoms. The molecule has 0 bridgehead atoms. The Balaban J connectivity index is 1.24. The molecule has 0 aliphatic carbocycles. The van der Waals surface area contributed by atoms with Crippen LogP contribution in [0.15, 0.2) is 174 Å². The number of para-hydroxylation sites is 2. The maximum Gasteiger partial charge on any atom is 0.227 e. The fraction of sp³-hybridized carbons (Fsp3) is 0.125. The van der Waals surface area contributed by atoms with Crippen molar-refractivity contribution in [2.24, 2.45) is 0 Å². The number of oxazole rings is 1. The molecule has 2 heterocycles. The van der Waals surface area contributed by atoms with Gasteiger partial charge in [0, 0.05) is 42.3 Å². The predicted octanol–water partition coefficient (Wildman–Crippen LogP) is 13.3. The van der Waals surface area contributed by atoms with Crippen molar-refractivity contribution >= 4 is 45.5 Å². The van der Waals surface area contributed by atoms with Gasteiger partial charge >= 0.3 is 0 Å². The van der Waals surface area contributed by atoms with Gasteiger partial charge in [-0.25, -0.2) is 9.97 Å². The van der Waals surface area contributed by atoms with Gasteiger partial charge in [-0.05, 0) is 101 Å². The van der Waals surface area contributed by atoms with Crippen molar-refractivity contribution in [3.63, 3.8) is 0 Å². The third kappa shape index (κ3) is 8.10. The second-order valence-corrected chi connectivity index (χ2v) is 14.9. The van der Waals surface area contributed by atoms with E-state index >= 15 is 0 Å². The molecular formula is C48H41ClN4O2. The first-order valence-corrected chi connectivity index (χ1v) is 18.8. The van der Waals surface area contributed by atoms with E-state index in [1.165, 1.54) is 0 Å². The fourth-order valence-corrected chi connectivity index (χ4v) is 6.90. The van der Waals surface area contributed by atoms with E-state index in [1.54, 1.807) is 6.20 Å². The van der Waals surface area contributed by atoms with Crippen LogP contribution in [0.3, 0.4) is 0 Å². The summed E-state index contributed by atoms with van der Waals surface area (Å²) >= 11 is 7.72. The molecule has 0 N–H and O–H groups in total. The molecule has 55 heavy (non-hydrogen) atoms. The predicted molar refractivity (Wildman–Crippen MR) is 225 cm³/mol. The summed E-state index contributed by atoms with van der Waals surface area (Å²) in [6.45, 7) is 7.93. The average Bonchev–Trinajstić information content (AvgIpc) is 3.65. The molecular weight excluding hydrogens is 700 g/mol. The molecule has 0 amide bonds. The van der Waals surface area contributed by atoms with Gasteiger partial charge in [0.05, 0.1) is 16.4 Å². The van der Waals surface area contributed by atoms with Crippen LogP contribution in [0.5, 0.6) is 11.6 Å². The summed E-state index contributed by atoms with van der Waals surface area (Å²) in [6, 6.07) is 55.4. The summed E-state index contributed by atoms with van der Waals surface area (Å²) in [5.41, 5.74) is 9.60. The second kappa shape index (κ2) is 15.5. The zero-order chi connectivity index (χ0) is 37.8. The minimum Gasteiger partial charge on any atom is -0.439 e. The Morgan fingerprint density at radius 3 is 1.71 bits per heavy atom. The summed E-state index contributed by atoms with van der Waals surface area (Å²) in [7, 11) is 0. The number of fused-ring (bicyclic) bond motifs is 1. The van der Waals surface area contributed by atoms with Crippen LogP contribution in [0.2, 0.25) is 5.02 Å². The molecule has 0 aliphatic heterocycles. The highest BCUT2D eigenvalue weighted by molar-refractivity contribution is 6.36. The lowest BCUT2D eigenvalue weighted by molar-refractivity contribution is 0.463. The number of nitrogens with zero attached hydrogens (tertiary/aromatic N) is 4. The molecule has 6 nitrogen and oxygen atoms in total. The number of halogens is 1. The van der Waals surface area contributed by atoms with Crippen molar-refractivity contribution in [3.05, 3.63) is 192 Å². The maximum absolute atomic E-state index is 7.72. The first-order chi connectivity index (χ1) is 26.8. The number of hydrogen-bond acceptors (Lipinski definition) is 6. The van der Waals surface area contributed by atoms with Crippen molar-refractivity contribution in [3.8, 4) is 23.1 Å². The average molecular weight is 741 g/mol. The second-order valence-electron chi connectivity index (χ2n) is 14.5. The van der Waals surface area contributed by atoms with Crippen LogP contribution in [0.4, 0.5) is 22.7 Å². The van der Waals surface area contributed by atoms with Crippen LogP contribution in [-0.4, -0.2) is 9.97 Å². The number of benzene rings is 6. The molecule has 8 aromatic rings. The third-order valence-electron chi connectivity index (χ3n) is 9.58. The van der Waals surface area contributed by atoms with Gasteiger partial charge in [-0.3, -0.25) is 0 Å².